The second kappa shape index (κ2) is 22.3. The van der Waals surface area contributed by atoms with E-state index >= 15 is 0 Å². The Morgan fingerprint density at radius 1 is 0.907 bits per heavy atom. The third kappa shape index (κ3) is 17.6. The van der Waals surface area contributed by atoms with E-state index in [4.69, 9.17) is 5.11 Å². The van der Waals surface area contributed by atoms with E-state index in [1.165, 1.54) is 25.7 Å². The Labute approximate surface area is 259 Å². The zero-order valence-corrected chi connectivity index (χ0v) is 27.3. The Morgan fingerprint density at radius 3 is 2.28 bits per heavy atom. The number of hydrogen-bond acceptors (Lipinski definition) is 7. The molecule has 1 aliphatic heterocycles. The topological polar surface area (TPSA) is 169 Å². The first-order valence-electron chi connectivity index (χ1n) is 16.8. The van der Waals surface area contributed by atoms with E-state index in [1.54, 1.807) is 0 Å². The van der Waals surface area contributed by atoms with E-state index in [2.05, 4.69) is 47.4 Å². The van der Waals surface area contributed by atoms with Crippen LogP contribution in [0.15, 0.2) is 0 Å². The molecule has 1 fully saturated rings. The van der Waals surface area contributed by atoms with Crippen LogP contribution in [-0.2, 0) is 19.2 Å². The van der Waals surface area contributed by atoms with Crippen LogP contribution < -0.4 is 26.6 Å². The van der Waals surface area contributed by atoms with Crippen LogP contribution in [-0.4, -0.2) is 83.3 Å². The molecule has 0 aromatic rings. The SMILES string of the molecule is CCCCCCCC1(C)CCCCCNC[C@@H](C(=O)NCC(NC(=O)[C@H](CCC(=O)O)NC(C)CCCCC)C(=O)O)N1. The molecule has 43 heavy (non-hydrogen) atoms. The summed E-state index contributed by atoms with van der Waals surface area (Å²) < 4.78 is 0. The monoisotopic (exact) mass is 611 g/mol. The zero-order valence-electron chi connectivity index (χ0n) is 27.3. The van der Waals surface area contributed by atoms with Crippen LogP contribution in [0.4, 0.5) is 0 Å². The molecule has 5 atom stereocenters. The number of hydrogen-bond donors (Lipinski definition) is 7. The molecule has 0 radical (unpaired) electrons. The third-order valence-corrected chi connectivity index (χ3v) is 8.39. The molecule has 2 amide bonds. The van der Waals surface area contributed by atoms with Crippen molar-refractivity contribution in [1.29, 1.82) is 0 Å². The van der Waals surface area contributed by atoms with Gasteiger partial charge in [-0.05, 0) is 52.5 Å². The molecular formula is C32H61N5O6. The standard InChI is InChI=1S/C32H61N5O6/c1-5-7-9-10-13-19-32(4)20-14-11-15-21-33-22-26(37-32)29(40)34-23-27(31(42)43)36-30(41)25(17-18-28(38)39)35-24(3)16-12-8-6-2/h24-27,33,35,37H,5-23H2,1-4H3,(H,34,40)(H,36,41)(H,38,39)(H,42,43)/t24?,25-,26-,27?,32?/m0/s1. The van der Waals surface area contributed by atoms with Gasteiger partial charge >= 0.3 is 11.9 Å². The molecular weight excluding hydrogens is 550 g/mol. The van der Waals surface area contributed by atoms with Gasteiger partial charge in [-0.25, -0.2) is 4.79 Å². The molecule has 11 nitrogen and oxygen atoms in total. The predicted octanol–water partition coefficient (Wildman–Crippen LogP) is 3.70. The van der Waals surface area contributed by atoms with Crippen molar-refractivity contribution in [2.75, 3.05) is 19.6 Å². The van der Waals surface area contributed by atoms with Crippen molar-refractivity contribution < 1.29 is 29.4 Å². The molecule has 7 N–H and O–H groups in total. The molecule has 0 saturated carbocycles. The van der Waals surface area contributed by atoms with Crippen molar-refractivity contribution in [3.8, 4) is 0 Å². The van der Waals surface area contributed by atoms with Crippen LogP contribution >= 0.6 is 0 Å². The van der Waals surface area contributed by atoms with E-state index in [1.807, 2.05) is 6.92 Å². The smallest absolute Gasteiger partial charge is 0.328 e. The van der Waals surface area contributed by atoms with Crippen LogP contribution in [0, 0.1) is 0 Å². The summed E-state index contributed by atoms with van der Waals surface area (Å²) in [6, 6.07) is -2.78. The molecule has 250 valence electrons. The summed E-state index contributed by atoms with van der Waals surface area (Å²) in [4.78, 5) is 49.8. The number of carbonyl (C=O) groups excluding carboxylic acids is 2. The van der Waals surface area contributed by atoms with Crippen LogP contribution in [0.25, 0.3) is 0 Å². The maximum absolute atomic E-state index is 13.4. The minimum atomic E-state index is -1.35. The molecule has 1 heterocycles. The average Bonchev–Trinajstić information content (AvgIpc) is 2.95. The summed E-state index contributed by atoms with van der Waals surface area (Å²) in [5.74, 6) is -3.19. The first-order valence-corrected chi connectivity index (χ1v) is 16.8. The molecule has 1 rings (SSSR count). The fourth-order valence-electron chi connectivity index (χ4n) is 5.69. The van der Waals surface area contributed by atoms with Gasteiger partial charge < -0.3 is 31.5 Å². The highest BCUT2D eigenvalue weighted by molar-refractivity contribution is 5.88. The van der Waals surface area contributed by atoms with Crippen molar-refractivity contribution >= 4 is 23.8 Å². The lowest BCUT2D eigenvalue weighted by molar-refractivity contribution is -0.142. The van der Waals surface area contributed by atoms with E-state index in [-0.39, 0.29) is 36.9 Å². The molecule has 3 unspecified atom stereocenters. The third-order valence-electron chi connectivity index (χ3n) is 8.39. The van der Waals surface area contributed by atoms with Crippen LogP contribution in [0.2, 0.25) is 0 Å². The number of carboxylic acids is 2. The Bertz CT molecular complexity index is 828. The number of amides is 2. The fourth-order valence-corrected chi connectivity index (χ4v) is 5.69. The minimum Gasteiger partial charge on any atom is -0.481 e. The molecule has 0 aromatic heterocycles. The van der Waals surface area contributed by atoms with Crippen molar-refractivity contribution in [1.82, 2.24) is 26.6 Å². The van der Waals surface area contributed by atoms with Gasteiger partial charge in [0.05, 0.1) is 12.1 Å². The number of rotatable bonds is 21. The number of nitrogens with one attached hydrogen (secondary N) is 5. The Kier molecular flexibility index (Phi) is 20.1. The van der Waals surface area contributed by atoms with Crippen LogP contribution in [0.1, 0.15) is 130 Å². The normalized spacial score (nSPS) is 21.7. The van der Waals surface area contributed by atoms with Gasteiger partial charge in [0.1, 0.15) is 6.04 Å². The van der Waals surface area contributed by atoms with E-state index < -0.39 is 36.0 Å². The molecule has 1 saturated heterocycles. The average molecular weight is 612 g/mol. The van der Waals surface area contributed by atoms with Crippen molar-refractivity contribution in [2.24, 2.45) is 0 Å². The fraction of sp³-hybridized carbons (Fsp3) is 0.875. The van der Waals surface area contributed by atoms with Crippen molar-refractivity contribution in [2.45, 2.75) is 160 Å². The van der Waals surface area contributed by atoms with E-state index in [0.717, 1.165) is 70.8 Å². The minimum absolute atomic E-state index is 0.0344. The van der Waals surface area contributed by atoms with Gasteiger partial charge in [0, 0.05) is 31.1 Å². The summed E-state index contributed by atoms with van der Waals surface area (Å²) in [6.45, 7) is 9.39. The number of carboxylic acid groups (broad SMARTS) is 2. The summed E-state index contributed by atoms with van der Waals surface area (Å²) in [6.07, 6.45) is 14.8. The van der Waals surface area contributed by atoms with Gasteiger partial charge in [-0.1, -0.05) is 78.1 Å². The first kappa shape index (κ1) is 38.8. The zero-order chi connectivity index (χ0) is 32.1. The molecule has 11 heteroatoms. The second-order valence-electron chi connectivity index (χ2n) is 12.6. The highest BCUT2D eigenvalue weighted by atomic mass is 16.4. The van der Waals surface area contributed by atoms with Gasteiger partial charge in [0.25, 0.3) is 0 Å². The molecule has 0 spiro atoms. The maximum Gasteiger partial charge on any atom is 0.328 e. The Balaban J connectivity index is 2.85. The Morgan fingerprint density at radius 2 is 1.60 bits per heavy atom. The van der Waals surface area contributed by atoms with Crippen LogP contribution in [0.5, 0.6) is 0 Å². The maximum atomic E-state index is 13.4. The second-order valence-corrected chi connectivity index (χ2v) is 12.6. The van der Waals surface area contributed by atoms with E-state index in [0.29, 0.717) is 6.54 Å². The summed E-state index contributed by atoms with van der Waals surface area (Å²) in [5, 5.41) is 34.4. The summed E-state index contributed by atoms with van der Waals surface area (Å²) in [7, 11) is 0. The molecule has 0 aliphatic carbocycles. The molecule has 1 aliphatic rings. The lowest BCUT2D eigenvalue weighted by Gasteiger charge is -2.36. The number of aliphatic carboxylic acids is 2. The largest absolute Gasteiger partial charge is 0.481 e. The lowest BCUT2D eigenvalue weighted by atomic mass is 9.87. The first-order chi connectivity index (χ1) is 20.5. The van der Waals surface area contributed by atoms with Gasteiger partial charge in [0.2, 0.25) is 11.8 Å². The number of unbranched alkanes of at least 4 members (excludes halogenated alkanes) is 6. The highest BCUT2D eigenvalue weighted by Gasteiger charge is 2.32. The highest BCUT2D eigenvalue weighted by Crippen LogP contribution is 2.24. The van der Waals surface area contributed by atoms with Gasteiger partial charge in [0.15, 0.2) is 0 Å². The van der Waals surface area contributed by atoms with Crippen molar-refractivity contribution in [3.05, 3.63) is 0 Å². The Hall–Kier alpha value is -2.24. The molecule has 0 bridgehead atoms. The quantitative estimate of drug-likeness (QED) is 0.0957. The molecule has 0 aromatic carbocycles. The van der Waals surface area contributed by atoms with Gasteiger partial charge in [-0.15, -0.1) is 0 Å². The van der Waals surface area contributed by atoms with Crippen LogP contribution in [0.3, 0.4) is 0 Å². The van der Waals surface area contributed by atoms with E-state index in [9.17, 15) is 24.3 Å². The lowest BCUT2D eigenvalue weighted by Crippen LogP contribution is -2.60. The van der Waals surface area contributed by atoms with Crippen molar-refractivity contribution in [3.63, 3.8) is 0 Å². The number of carbonyl (C=O) groups is 4. The van der Waals surface area contributed by atoms with Gasteiger partial charge in [-0.2, -0.15) is 0 Å². The summed E-state index contributed by atoms with van der Waals surface area (Å²) >= 11 is 0. The van der Waals surface area contributed by atoms with Gasteiger partial charge in [-0.3, -0.25) is 19.7 Å². The predicted molar refractivity (Wildman–Crippen MR) is 170 cm³/mol. The summed E-state index contributed by atoms with van der Waals surface area (Å²) in [5.41, 5.74) is -0.204.